The zero-order valence-corrected chi connectivity index (χ0v) is 11.1. The number of benzene rings is 1. The Balaban J connectivity index is 2.18. The minimum absolute atomic E-state index is 0.611. The Morgan fingerprint density at radius 3 is 2.71 bits per heavy atom. The Bertz CT molecular complexity index is 317. The molecule has 3 heteroatoms. The summed E-state index contributed by atoms with van der Waals surface area (Å²) in [6.07, 6.45) is 1.01. The van der Waals surface area contributed by atoms with Gasteiger partial charge in [-0.05, 0) is 43.0 Å². The number of hydrogen-bond acceptors (Lipinski definition) is 3. The van der Waals surface area contributed by atoms with Crippen LogP contribution >= 0.6 is 0 Å². The highest BCUT2D eigenvalue weighted by Crippen LogP contribution is 2.15. The fraction of sp³-hybridized carbons (Fsp3) is 0.571. The maximum Gasteiger partial charge on any atom is 0.0489 e. The van der Waals surface area contributed by atoms with Crippen LogP contribution in [-0.2, 0) is 4.74 Å². The molecular weight excluding hydrogens is 212 g/mol. The molecule has 0 amide bonds. The lowest BCUT2D eigenvalue weighted by molar-refractivity contribution is 0.110. The maximum absolute atomic E-state index is 5.78. The van der Waals surface area contributed by atoms with Crippen molar-refractivity contribution in [3.8, 4) is 0 Å². The van der Waals surface area contributed by atoms with E-state index in [0.29, 0.717) is 5.92 Å². The van der Waals surface area contributed by atoms with Gasteiger partial charge in [0.1, 0.15) is 0 Å². The number of nitrogens with two attached hydrogens (primary N) is 1. The van der Waals surface area contributed by atoms with Crippen LogP contribution in [0.25, 0.3) is 0 Å². The van der Waals surface area contributed by atoms with Crippen molar-refractivity contribution in [2.75, 3.05) is 30.8 Å². The number of ether oxygens (including phenoxy) is 1. The summed E-state index contributed by atoms with van der Waals surface area (Å²) in [5, 5.41) is 3.35. The van der Waals surface area contributed by atoms with Crippen molar-refractivity contribution >= 4 is 11.4 Å². The predicted molar refractivity (Wildman–Crippen MR) is 74.4 cm³/mol. The van der Waals surface area contributed by atoms with Gasteiger partial charge in [0.2, 0.25) is 0 Å². The van der Waals surface area contributed by atoms with Crippen molar-refractivity contribution in [1.82, 2.24) is 0 Å². The van der Waals surface area contributed by atoms with E-state index in [-0.39, 0.29) is 0 Å². The van der Waals surface area contributed by atoms with Crippen molar-refractivity contribution in [3.63, 3.8) is 0 Å². The molecule has 0 saturated heterocycles. The monoisotopic (exact) mass is 236 g/mol. The second kappa shape index (κ2) is 7.17. The lowest BCUT2D eigenvalue weighted by atomic mass is 10.2. The van der Waals surface area contributed by atoms with Crippen LogP contribution < -0.4 is 11.1 Å². The zero-order chi connectivity index (χ0) is 12.7. The van der Waals surface area contributed by atoms with E-state index in [4.69, 9.17) is 10.5 Å². The van der Waals surface area contributed by atoms with Crippen LogP contribution in [0.1, 0.15) is 25.8 Å². The van der Waals surface area contributed by atoms with E-state index in [0.717, 1.165) is 37.6 Å². The molecule has 1 rings (SSSR count). The lowest BCUT2D eigenvalue weighted by Gasteiger charge is -2.09. The number of aryl methyl sites for hydroxylation is 1. The molecule has 0 heterocycles. The van der Waals surface area contributed by atoms with E-state index in [1.54, 1.807) is 0 Å². The van der Waals surface area contributed by atoms with Crippen molar-refractivity contribution in [1.29, 1.82) is 0 Å². The summed E-state index contributed by atoms with van der Waals surface area (Å²) in [5.74, 6) is 0.611. The highest BCUT2D eigenvalue weighted by atomic mass is 16.5. The van der Waals surface area contributed by atoms with E-state index >= 15 is 0 Å². The summed E-state index contributed by atoms with van der Waals surface area (Å²) in [5.41, 5.74) is 8.86. The third-order valence-electron chi connectivity index (χ3n) is 2.35. The quantitative estimate of drug-likeness (QED) is 0.565. The molecule has 1 aromatic rings. The molecule has 0 bridgehead atoms. The molecule has 3 nitrogen and oxygen atoms in total. The molecule has 1 aromatic carbocycles. The molecular formula is C14H24N2O. The van der Waals surface area contributed by atoms with Crippen molar-refractivity contribution < 1.29 is 4.74 Å². The summed E-state index contributed by atoms with van der Waals surface area (Å²) in [4.78, 5) is 0. The van der Waals surface area contributed by atoms with Crippen LogP contribution in [0.15, 0.2) is 18.2 Å². The summed E-state index contributed by atoms with van der Waals surface area (Å²) >= 11 is 0. The molecule has 17 heavy (non-hydrogen) atoms. The minimum Gasteiger partial charge on any atom is -0.399 e. The Hall–Kier alpha value is -1.22. The van der Waals surface area contributed by atoms with E-state index in [9.17, 15) is 0 Å². The van der Waals surface area contributed by atoms with Crippen LogP contribution in [0.5, 0.6) is 0 Å². The Morgan fingerprint density at radius 1 is 1.29 bits per heavy atom. The summed E-state index contributed by atoms with van der Waals surface area (Å²) in [7, 11) is 0. The molecule has 0 aliphatic heterocycles. The first-order valence-electron chi connectivity index (χ1n) is 6.26. The number of anilines is 2. The Kier molecular flexibility index (Phi) is 5.84. The second-order valence-electron chi connectivity index (χ2n) is 4.88. The molecule has 0 saturated carbocycles. The highest BCUT2D eigenvalue weighted by Gasteiger charge is 1.96. The Morgan fingerprint density at radius 2 is 2.06 bits per heavy atom. The number of rotatable bonds is 7. The Labute approximate surface area is 104 Å². The average Bonchev–Trinajstić information content (AvgIpc) is 2.21. The molecule has 96 valence electrons. The minimum atomic E-state index is 0.611. The van der Waals surface area contributed by atoms with Gasteiger partial charge < -0.3 is 15.8 Å². The fourth-order valence-corrected chi connectivity index (χ4v) is 1.64. The van der Waals surface area contributed by atoms with Crippen molar-refractivity contribution in [3.05, 3.63) is 23.8 Å². The molecule has 0 radical (unpaired) electrons. The van der Waals surface area contributed by atoms with Crippen LogP contribution in [-0.4, -0.2) is 19.8 Å². The molecule has 0 aromatic heterocycles. The van der Waals surface area contributed by atoms with Crippen molar-refractivity contribution in [2.24, 2.45) is 5.92 Å². The molecule has 3 N–H and O–H groups in total. The second-order valence-corrected chi connectivity index (χ2v) is 4.88. The zero-order valence-electron chi connectivity index (χ0n) is 11.1. The standard InChI is InChI=1S/C14H24N2O/c1-11(2)10-17-6-4-5-16-14-8-12(3)7-13(15)9-14/h7-9,11,16H,4-6,10,15H2,1-3H3. The van der Waals surface area contributed by atoms with E-state index in [1.165, 1.54) is 5.56 Å². The van der Waals surface area contributed by atoms with Crippen LogP contribution in [0.2, 0.25) is 0 Å². The van der Waals surface area contributed by atoms with E-state index < -0.39 is 0 Å². The molecule has 0 aliphatic carbocycles. The van der Waals surface area contributed by atoms with E-state index in [1.807, 2.05) is 19.1 Å². The SMILES string of the molecule is Cc1cc(N)cc(NCCCOCC(C)C)c1. The summed E-state index contributed by atoms with van der Waals surface area (Å²) in [6.45, 7) is 8.94. The molecule has 0 spiro atoms. The van der Waals surface area contributed by atoms with Gasteiger partial charge >= 0.3 is 0 Å². The number of nitrogens with one attached hydrogen (secondary N) is 1. The molecule has 0 fully saturated rings. The van der Waals surface area contributed by atoms with Crippen LogP contribution in [0, 0.1) is 12.8 Å². The number of hydrogen-bond donors (Lipinski definition) is 2. The van der Waals surface area contributed by atoms with Gasteiger partial charge in [0, 0.05) is 31.1 Å². The highest BCUT2D eigenvalue weighted by molar-refractivity contribution is 5.56. The molecule has 0 atom stereocenters. The molecule has 0 unspecified atom stereocenters. The van der Waals surface area contributed by atoms with Gasteiger partial charge in [-0.15, -0.1) is 0 Å². The first-order valence-corrected chi connectivity index (χ1v) is 6.26. The summed E-state index contributed by atoms with van der Waals surface area (Å²) in [6, 6.07) is 6.03. The van der Waals surface area contributed by atoms with Gasteiger partial charge in [-0.1, -0.05) is 13.8 Å². The predicted octanol–water partition coefficient (Wildman–Crippen LogP) is 3.05. The fourth-order valence-electron chi connectivity index (χ4n) is 1.64. The van der Waals surface area contributed by atoms with Gasteiger partial charge in [-0.25, -0.2) is 0 Å². The molecule has 0 aliphatic rings. The lowest BCUT2D eigenvalue weighted by Crippen LogP contribution is -2.08. The summed E-state index contributed by atoms with van der Waals surface area (Å²) < 4.78 is 5.52. The van der Waals surface area contributed by atoms with Gasteiger partial charge in [0.15, 0.2) is 0 Å². The van der Waals surface area contributed by atoms with Crippen molar-refractivity contribution in [2.45, 2.75) is 27.2 Å². The smallest absolute Gasteiger partial charge is 0.0489 e. The maximum atomic E-state index is 5.78. The first-order chi connectivity index (χ1) is 8.08. The first kappa shape index (κ1) is 13.8. The topological polar surface area (TPSA) is 47.3 Å². The van der Waals surface area contributed by atoms with Gasteiger partial charge in [-0.2, -0.15) is 0 Å². The normalized spacial score (nSPS) is 10.8. The van der Waals surface area contributed by atoms with Crippen LogP contribution in [0.3, 0.4) is 0 Å². The van der Waals surface area contributed by atoms with Gasteiger partial charge in [-0.3, -0.25) is 0 Å². The third kappa shape index (κ3) is 6.17. The van der Waals surface area contributed by atoms with Gasteiger partial charge in [0.05, 0.1) is 0 Å². The van der Waals surface area contributed by atoms with Gasteiger partial charge in [0.25, 0.3) is 0 Å². The van der Waals surface area contributed by atoms with E-state index in [2.05, 4.69) is 25.2 Å². The van der Waals surface area contributed by atoms with Crippen LogP contribution in [0.4, 0.5) is 11.4 Å². The average molecular weight is 236 g/mol. The largest absolute Gasteiger partial charge is 0.399 e. The number of nitrogen functional groups attached to an aromatic ring is 1. The third-order valence-corrected chi connectivity index (χ3v) is 2.35.